The molecule has 0 saturated carbocycles. The predicted octanol–water partition coefficient (Wildman–Crippen LogP) is 17.1. The monoisotopic (exact) mass is 1950 g/mol. The summed E-state index contributed by atoms with van der Waals surface area (Å²) in [6, 6.07) is 0. The van der Waals surface area contributed by atoms with Gasteiger partial charge in [-0.3, -0.25) is 26.3 Å². The van der Waals surface area contributed by atoms with Crippen LogP contribution in [0.15, 0.2) is 0 Å². The van der Waals surface area contributed by atoms with E-state index in [1.54, 1.807) is 0 Å². The summed E-state index contributed by atoms with van der Waals surface area (Å²) in [5, 5.41) is 22.8. The van der Waals surface area contributed by atoms with Gasteiger partial charge in [-0.05, 0) is 90.4 Å². The summed E-state index contributed by atoms with van der Waals surface area (Å²) < 4.78 is 138. The molecule has 0 bridgehead atoms. The Hall–Kier alpha value is -0.523. The number of hydrogen-bond donors (Lipinski definition) is 10. The van der Waals surface area contributed by atoms with E-state index in [2.05, 4.69) is 55.1 Å². The summed E-state index contributed by atoms with van der Waals surface area (Å²) in [5.74, 6) is -1.42. The third-order valence-corrected chi connectivity index (χ3v) is 16.7. The molecule has 0 fully saturated rings. The number of nitrogens with two attached hydrogens (primary N) is 2. The van der Waals surface area contributed by atoms with Gasteiger partial charge in [0.05, 0.1) is 26.4 Å². The van der Waals surface area contributed by atoms with Gasteiger partial charge in [-0.2, -0.15) is 0 Å². The number of unbranched alkanes of at least 4 members (excludes halogenated alkanes) is 42. The molecule has 0 saturated heterocycles. The van der Waals surface area contributed by atoms with Gasteiger partial charge in [0.2, 0.25) is 41.6 Å². The first-order valence-electron chi connectivity index (χ1n) is 38.4. The van der Waals surface area contributed by atoms with Crippen LogP contribution in [-0.2, 0) is 110 Å². The predicted molar refractivity (Wildman–Crippen MR) is 416 cm³/mol. The minimum Gasteiger partial charge on any atom is -0.726 e. The van der Waals surface area contributed by atoms with E-state index < -0.39 is 53.5 Å². The van der Waals surface area contributed by atoms with Gasteiger partial charge in [-0.25, -0.2) is 33.7 Å². The van der Waals surface area contributed by atoms with E-state index in [9.17, 15) is 61.5 Å². The Balaban J connectivity index is -0.0000000857. The molecule has 0 rings (SSSR count). The molecule has 0 aliphatic rings. The Kier molecular flexibility index (Phi) is 142. The number of rotatable bonds is 67. The van der Waals surface area contributed by atoms with Crippen molar-refractivity contribution in [2.45, 2.75) is 375 Å². The van der Waals surface area contributed by atoms with Crippen molar-refractivity contribution in [1.29, 1.82) is 0 Å². The molecule has 0 heterocycles. The molecular formula is C70H162N8O20Pt2S4. The Morgan fingerprint density at radius 3 is 0.558 bits per heavy atom. The number of aliphatic carboxylic acids is 2. The van der Waals surface area contributed by atoms with Crippen LogP contribution in [0.4, 0.5) is 0 Å². The van der Waals surface area contributed by atoms with Gasteiger partial charge >= 0.3 is 54.1 Å². The largest absolute Gasteiger partial charge is 2.00 e. The SMILES string of the molecule is CCCC(=O)O.CCCC(=O)O.CCCCCCCCCCCCOS(=O)(=O)[O-].CCCCCCCCCCCCOS(=O)(=O)[O-].CCCCCCCCCCCCOS(=O)(=O)[O-].CCCCCCCCCCCCOS(=O)(=O)[O-].N.N.N.N.NCCCCCCNCCNCCCCCCN.[Pt+2].[Pt+2]. The van der Waals surface area contributed by atoms with Crippen molar-refractivity contribution in [1.82, 2.24) is 35.2 Å². The molecular weight excluding hydrogens is 1790 g/mol. The second kappa shape index (κ2) is 111. The standard InChI is InChI=1S/C14H34N4.4C12H26O4S.2C4H8O2.4H3N.2Pt/c15-9-5-1-3-7-11-17-13-14-18-12-8-4-2-6-10-16;4*1-2-3-4-5-6-7-8-9-10-11-12-16-17(13,14)15;2*1-2-3-4(5)6;;;;;;/h17-18H,1-16H2;4*2-12H2,1H3,(H,13,14,15);2*2-3H2,1H3,(H,5,6);4*1H3;;/q;;;;;;;;;;;2*+2/p-4. The second-order valence-corrected chi connectivity index (χ2v) is 29.1. The van der Waals surface area contributed by atoms with E-state index in [0.29, 0.717) is 38.5 Å². The van der Waals surface area contributed by atoms with E-state index in [1.165, 1.54) is 231 Å². The van der Waals surface area contributed by atoms with Gasteiger partial charge < -0.3 is 75.1 Å². The maximum Gasteiger partial charge on any atom is 2.00 e. The van der Waals surface area contributed by atoms with Crippen LogP contribution in [0.3, 0.4) is 0 Å². The first kappa shape index (κ1) is 133. The maximum atomic E-state index is 10.1. The summed E-state index contributed by atoms with van der Waals surface area (Å²) in [7, 11) is -17.9. The molecule has 0 atom stereocenters. The fourth-order valence-corrected chi connectivity index (χ4v) is 10.6. The smallest absolute Gasteiger partial charge is 0.726 e. The third-order valence-electron chi connectivity index (χ3n) is 14.9. The van der Waals surface area contributed by atoms with Crippen molar-refractivity contribution in [3.05, 3.63) is 0 Å². The van der Waals surface area contributed by atoms with Crippen molar-refractivity contribution in [3.8, 4) is 0 Å². The van der Waals surface area contributed by atoms with E-state index in [1.807, 2.05) is 13.8 Å². The average molecular weight is 1950 g/mol. The van der Waals surface area contributed by atoms with Crippen LogP contribution >= 0.6 is 0 Å². The zero-order valence-corrected chi connectivity index (χ0v) is 74.1. The van der Waals surface area contributed by atoms with Crippen LogP contribution < -0.4 is 46.7 Å². The molecule has 0 aromatic heterocycles. The van der Waals surface area contributed by atoms with E-state index >= 15 is 0 Å². The molecule has 20 N–H and O–H groups in total. The quantitative estimate of drug-likeness (QED) is 0.0154. The molecule has 0 aromatic rings. The van der Waals surface area contributed by atoms with Gasteiger partial charge in [-0.1, -0.05) is 298 Å². The van der Waals surface area contributed by atoms with Crippen molar-refractivity contribution in [3.63, 3.8) is 0 Å². The minimum absolute atomic E-state index is 0. The van der Waals surface area contributed by atoms with Gasteiger partial charge in [0.25, 0.3) is 0 Å². The maximum absolute atomic E-state index is 10.1. The zero-order chi connectivity index (χ0) is 75.2. The van der Waals surface area contributed by atoms with Crippen LogP contribution in [-0.4, -0.2) is 140 Å². The number of carboxylic acids is 2. The van der Waals surface area contributed by atoms with E-state index in [0.717, 1.165) is 103 Å². The summed E-state index contributed by atoms with van der Waals surface area (Å²) in [5.41, 5.74) is 10.9. The molecule has 0 aliphatic heterocycles. The Bertz CT molecular complexity index is 1780. The Labute approximate surface area is 667 Å². The molecule has 0 spiro atoms. The second-order valence-electron chi connectivity index (χ2n) is 24.8. The van der Waals surface area contributed by atoms with E-state index in [4.69, 9.17) is 21.7 Å². The summed E-state index contributed by atoms with van der Waals surface area (Å²) in [6.45, 7) is 18.8. The molecule has 646 valence electrons. The fourth-order valence-electron chi connectivity index (χ4n) is 9.35. The molecule has 0 unspecified atom stereocenters. The minimum atomic E-state index is -4.48. The Morgan fingerprint density at radius 1 is 0.269 bits per heavy atom. The third kappa shape index (κ3) is 175. The summed E-state index contributed by atoms with van der Waals surface area (Å²) in [6.07, 6.45) is 58.9. The van der Waals surface area contributed by atoms with Crippen molar-refractivity contribution in [2.24, 2.45) is 11.5 Å². The molecule has 0 radical (unpaired) electrons. The summed E-state index contributed by atoms with van der Waals surface area (Å²) in [4.78, 5) is 19.2. The number of nitrogens with one attached hydrogen (secondary N) is 2. The molecule has 104 heavy (non-hydrogen) atoms. The normalized spacial score (nSPS) is 10.6. The van der Waals surface area contributed by atoms with Gasteiger partial charge in [0.15, 0.2) is 0 Å². The van der Waals surface area contributed by atoms with Crippen LogP contribution in [0, 0.1) is 0 Å². The van der Waals surface area contributed by atoms with Gasteiger partial charge in [0, 0.05) is 25.9 Å². The van der Waals surface area contributed by atoms with Crippen LogP contribution in [0.25, 0.3) is 0 Å². The van der Waals surface area contributed by atoms with Crippen molar-refractivity contribution >= 4 is 53.5 Å². The molecule has 0 aromatic carbocycles. The Morgan fingerprint density at radius 2 is 0.423 bits per heavy atom. The fraction of sp³-hybridized carbons (Fsp3) is 0.971. The van der Waals surface area contributed by atoms with Crippen molar-refractivity contribution in [2.75, 3.05) is 65.7 Å². The van der Waals surface area contributed by atoms with Gasteiger partial charge in [0.1, 0.15) is 0 Å². The van der Waals surface area contributed by atoms with Crippen LogP contribution in [0.5, 0.6) is 0 Å². The van der Waals surface area contributed by atoms with Crippen LogP contribution in [0.2, 0.25) is 0 Å². The molecule has 0 amide bonds. The van der Waals surface area contributed by atoms with E-state index in [-0.39, 0.29) is 93.2 Å². The van der Waals surface area contributed by atoms with Crippen LogP contribution in [0.1, 0.15) is 375 Å². The number of hydrogen-bond acceptors (Lipinski definition) is 26. The molecule has 28 nitrogen and oxygen atoms in total. The van der Waals surface area contributed by atoms with Crippen molar-refractivity contribution < 1.29 is 131 Å². The first-order valence-corrected chi connectivity index (χ1v) is 43.7. The molecule has 34 heteroatoms. The number of carbonyl (C=O) groups is 2. The first-order chi connectivity index (χ1) is 46.7. The molecule has 0 aliphatic carbocycles. The number of carboxylic acid groups (broad SMARTS) is 2. The topological polar surface area (TPSA) is 556 Å². The average Bonchev–Trinajstić information content (AvgIpc) is 1.14. The summed E-state index contributed by atoms with van der Waals surface area (Å²) >= 11 is 0. The zero-order valence-electron chi connectivity index (χ0n) is 66.3. The van der Waals surface area contributed by atoms with Gasteiger partial charge in [-0.15, -0.1) is 0 Å².